The molecule has 0 unspecified atom stereocenters. The van der Waals surface area contributed by atoms with Gasteiger partial charge in [0.1, 0.15) is 0 Å². The molecule has 0 aliphatic carbocycles. The zero-order chi connectivity index (χ0) is 12.9. The number of methoxy groups -OCH3 is 1. The van der Waals surface area contributed by atoms with Crippen molar-refractivity contribution in [3.8, 4) is 5.75 Å². The second-order valence-electron chi connectivity index (χ2n) is 4.86. The van der Waals surface area contributed by atoms with Crippen LogP contribution in [0.3, 0.4) is 0 Å². The van der Waals surface area contributed by atoms with Crippen LogP contribution in [0.1, 0.15) is 39.8 Å². The van der Waals surface area contributed by atoms with E-state index in [0.29, 0.717) is 0 Å². The summed E-state index contributed by atoms with van der Waals surface area (Å²) in [5, 5.41) is 7.74. The molecule has 1 aromatic rings. The SMILES string of the molecule is CCNCCC(C)(C)c1c(OC)cnn1CC. The highest BCUT2D eigenvalue weighted by molar-refractivity contribution is 5.31. The number of ether oxygens (including phenoxy) is 1. The Hall–Kier alpha value is -1.03. The monoisotopic (exact) mass is 239 g/mol. The molecule has 0 saturated heterocycles. The summed E-state index contributed by atoms with van der Waals surface area (Å²) < 4.78 is 7.45. The fraction of sp³-hybridized carbons (Fsp3) is 0.769. The zero-order valence-corrected chi connectivity index (χ0v) is 11.7. The van der Waals surface area contributed by atoms with E-state index < -0.39 is 0 Å². The summed E-state index contributed by atoms with van der Waals surface area (Å²) >= 11 is 0. The second kappa shape index (κ2) is 6.05. The van der Waals surface area contributed by atoms with Crippen molar-refractivity contribution < 1.29 is 4.74 Å². The molecule has 98 valence electrons. The lowest BCUT2D eigenvalue weighted by molar-refractivity contribution is 0.367. The lowest BCUT2D eigenvalue weighted by Crippen LogP contribution is -2.28. The van der Waals surface area contributed by atoms with E-state index in [1.165, 1.54) is 5.69 Å². The van der Waals surface area contributed by atoms with Crippen molar-refractivity contribution in [1.29, 1.82) is 0 Å². The summed E-state index contributed by atoms with van der Waals surface area (Å²) in [4.78, 5) is 0. The Morgan fingerprint density at radius 1 is 1.41 bits per heavy atom. The molecule has 1 rings (SSSR count). The molecule has 17 heavy (non-hydrogen) atoms. The first-order chi connectivity index (χ1) is 8.06. The maximum absolute atomic E-state index is 5.42. The van der Waals surface area contributed by atoms with E-state index >= 15 is 0 Å². The molecule has 1 N–H and O–H groups in total. The Morgan fingerprint density at radius 2 is 2.12 bits per heavy atom. The van der Waals surface area contributed by atoms with Crippen LogP contribution in [-0.2, 0) is 12.0 Å². The molecule has 0 atom stereocenters. The van der Waals surface area contributed by atoms with E-state index in [9.17, 15) is 0 Å². The molecule has 0 aliphatic rings. The van der Waals surface area contributed by atoms with E-state index in [-0.39, 0.29) is 5.41 Å². The number of hydrogen-bond donors (Lipinski definition) is 1. The lowest BCUT2D eigenvalue weighted by Gasteiger charge is -2.26. The maximum atomic E-state index is 5.42. The van der Waals surface area contributed by atoms with Crippen LogP contribution >= 0.6 is 0 Å². The maximum Gasteiger partial charge on any atom is 0.160 e. The van der Waals surface area contributed by atoms with Crippen molar-refractivity contribution in [3.05, 3.63) is 11.9 Å². The number of hydrogen-bond acceptors (Lipinski definition) is 3. The van der Waals surface area contributed by atoms with Crippen molar-refractivity contribution in [3.63, 3.8) is 0 Å². The van der Waals surface area contributed by atoms with Crippen LogP contribution in [0.15, 0.2) is 6.20 Å². The molecule has 0 aromatic carbocycles. The Kier molecular flexibility index (Phi) is 5.00. The molecule has 4 nitrogen and oxygen atoms in total. The molecule has 0 radical (unpaired) electrons. The van der Waals surface area contributed by atoms with Gasteiger partial charge in [0.05, 0.1) is 19.0 Å². The van der Waals surface area contributed by atoms with E-state index in [4.69, 9.17) is 4.74 Å². The topological polar surface area (TPSA) is 39.1 Å². The molecule has 0 amide bonds. The molecule has 0 bridgehead atoms. The standard InChI is InChI=1S/C13H25N3O/c1-6-14-9-8-13(3,4)12-11(17-5)10-15-16(12)7-2/h10,14H,6-9H2,1-5H3. The molecule has 0 saturated carbocycles. The molecule has 0 spiro atoms. The van der Waals surface area contributed by atoms with Gasteiger partial charge in [0.2, 0.25) is 0 Å². The van der Waals surface area contributed by atoms with Gasteiger partial charge in [-0.2, -0.15) is 5.10 Å². The predicted octanol–water partition coefficient (Wildman–Crippen LogP) is 2.19. The van der Waals surface area contributed by atoms with E-state index in [1.54, 1.807) is 7.11 Å². The first-order valence-electron chi connectivity index (χ1n) is 6.37. The van der Waals surface area contributed by atoms with E-state index in [0.717, 1.165) is 31.8 Å². The highest BCUT2D eigenvalue weighted by atomic mass is 16.5. The number of aryl methyl sites for hydroxylation is 1. The lowest BCUT2D eigenvalue weighted by atomic mass is 9.85. The zero-order valence-electron chi connectivity index (χ0n) is 11.7. The second-order valence-corrected chi connectivity index (χ2v) is 4.86. The van der Waals surface area contributed by atoms with E-state index in [1.807, 2.05) is 10.9 Å². The van der Waals surface area contributed by atoms with Crippen LogP contribution in [0.5, 0.6) is 5.75 Å². The van der Waals surface area contributed by atoms with Crippen molar-refractivity contribution in [2.45, 2.75) is 46.1 Å². The van der Waals surface area contributed by atoms with Gasteiger partial charge in [-0.1, -0.05) is 20.8 Å². The summed E-state index contributed by atoms with van der Waals surface area (Å²) in [6.07, 6.45) is 2.89. The molecule has 0 aliphatic heterocycles. The third-order valence-electron chi connectivity index (χ3n) is 3.14. The van der Waals surface area contributed by atoms with Gasteiger partial charge < -0.3 is 10.1 Å². The first-order valence-corrected chi connectivity index (χ1v) is 6.37. The Morgan fingerprint density at radius 3 is 2.65 bits per heavy atom. The van der Waals surface area contributed by atoms with Gasteiger partial charge in [0.25, 0.3) is 0 Å². The average Bonchev–Trinajstić information content (AvgIpc) is 2.72. The Labute approximate surface area is 104 Å². The molecule has 1 aromatic heterocycles. The van der Waals surface area contributed by atoms with Crippen LogP contribution < -0.4 is 10.1 Å². The van der Waals surface area contributed by atoms with Gasteiger partial charge in [0, 0.05) is 12.0 Å². The third-order valence-corrected chi connectivity index (χ3v) is 3.14. The summed E-state index contributed by atoms with van der Waals surface area (Å²) in [7, 11) is 1.71. The highest BCUT2D eigenvalue weighted by Gasteiger charge is 2.28. The number of nitrogens with one attached hydrogen (secondary N) is 1. The van der Waals surface area contributed by atoms with Crippen molar-refractivity contribution in [2.24, 2.45) is 0 Å². The minimum atomic E-state index is 0.0695. The summed E-state index contributed by atoms with van der Waals surface area (Å²) in [5.41, 5.74) is 1.26. The Bertz CT molecular complexity index is 323. The van der Waals surface area contributed by atoms with Crippen LogP contribution in [0.25, 0.3) is 0 Å². The minimum Gasteiger partial charge on any atom is -0.493 e. The molecule has 0 fully saturated rings. The van der Waals surface area contributed by atoms with Gasteiger partial charge in [-0.05, 0) is 26.4 Å². The normalized spacial score (nSPS) is 11.8. The smallest absolute Gasteiger partial charge is 0.160 e. The van der Waals surface area contributed by atoms with Gasteiger partial charge >= 0.3 is 0 Å². The minimum absolute atomic E-state index is 0.0695. The van der Waals surface area contributed by atoms with Crippen molar-refractivity contribution >= 4 is 0 Å². The van der Waals surface area contributed by atoms with Crippen LogP contribution in [0.4, 0.5) is 0 Å². The number of rotatable bonds is 7. The van der Waals surface area contributed by atoms with Crippen LogP contribution in [0.2, 0.25) is 0 Å². The average molecular weight is 239 g/mol. The molecular formula is C13H25N3O. The van der Waals surface area contributed by atoms with Crippen molar-refractivity contribution in [1.82, 2.24) is 15.1 Å². The van der Waals surface area contributed by atoms with Crippen molar-refractivity contribution in [2.75, 3.05) is 20.2 Å². The molecule has 4 heteroatoms. The Balaban J connectivity index is 2.90. The van der Waals surface area contributed by atoms with Gasteiger partial charge in [-0.3, -0.25) is 4.68 Å². The number of nitrogens with zero attached hydrogens (tertiary/aromatic N) is 2. The van der Waals surface area contributed by atoms with Gasteiger partial charge in [-0.15, -0.1) is 0 Å². The summed E-state index contributed by atoms with van der Waals surface area (Å²) in [6, 6.07) is 0. The largest absolute Gasteiger partial charge is 0.493 e. The summed E-state index contributed by atoms with van der Waals surface area (Å²) in [5.74, 6) is 0.897. The van der Waals surface area contributed by atoms with E-state index in [2.05, 4.69) is 38.1 Å². The predicted molar refractivity (Wildman–Crippen MR) is 70.6 cm³/mol. The molecular weight excluding hydrogens is 214 g/mol. The highest BCUT2D eigenvalue weighted by Crippen LogP contribution is 2.33. The summed E-state index contributed by atoms with van der Waals surface area (Å²) in [6.45, 7) is 11.6. The third kappa shape index (κ3) is 3.22. The fourth-order valence-electron chi connectivity index (χ4n) is 2.14. The molecule has 1 heterocycles. The fourth-order valence-corrected chi connectivity index (χ4v) is 2.14. The van der Waals surface area contributed by atoms with Gasteiger partial charge in [0.15, 0.2) is 5.75 Å². The van der Waals surface area contributed by atoms with Gasteiger partial charge in [-0.25, -0.2) is 0 Å². The number of aromatic nitrogens is 2. The quantitative estimate of drug-likeness (QED) is 0.741. The first kappa shape index (κ1) is 14.0. The van der Waals surface area contributed by atoms with Crippen LogP contribution in [0, 0.1) is 0 Å². The van der Waals surface area contributed by atoms with Crippen LogP contribution in [-0.4, -0.2) is 30.0 Å².